The molecule has 2 N–H and O–H groups in total. The lowest BCUT2D eigenvalue weighted by atomic mass is 10.1. The molecule has 1 heterocycles. The van der Waals surface area contributed by atoms with Crippen LogP contribution < -0.4 is 10.0 Å². The highest BCUT2D eigenvalue weighted by Gasteiger charge is 2.21. The Labute approximate surface area is 115 Å². The average molecular weight is 285 g/mol. The highest BCUT2D eigenvalue weighted by molar-refractivity contribution is 7.89. The van der Waals surface area contributed by atoms with Crippen LogP contribution in [0.25, 0.3) is 0 Å². The van der Waals surface area contributed by atoms with Gasteiger partial charge in [0.1, 0.15) is 0 Å². The predicted molar refractivity (Wildman–Crippen MR) is 75.3 cm³/mol. The second-order valence-electron chi connectivity index (χ2n) is 5.31. The van der Waals surface area contributed by atoms with Crippen molar-refractivity contribution in [2.24, 2.45) is 13.0 Å². The van der Waals surface area contributed by atoms with E-state index in [-0.39, 0.29) is 0 Å². The molecule has 5 nitrogen and oxygen atoms in total. The summed E-state index contributed by atoms with van der Waals surface area (Å²) in [6, 6.07) is 1.73. The molecule has 1 fully saturated rings. The van der Waals surface area contributed by atoms with Gasteiger partial charge in [-0.05, 0) is 31.9 Å². The summed E-state index contributed by atoms with van der Waals surface area (Å²) in [5.74, 6) is 0.510. The SMILES string of the molecule is CNCc1cc(S(=O)(=O)NCC2CCCC2)cn1C. The van der Waals surface area contributed by atoms with Gasteiger partial charge in [-0.2, -0.15) is 0 Å². The van der Waals surface area contributed by atoms with Crippen LogP contribution >= 0.6 is 0 Å². The molecule has 2 rings (SSSR count). The van der Waals surface area contributed by atoms with E-state index in [1.54, 1.807) is 12.3 Å². The second-order valence-corrected chi connectivity index (χ2v) is 7.08. The Morgan fingerprint density at radius 2 is 2.05 bits per heavy atom. The molecule has 6 heteroatoms. The maximum Gasteiger partial charge on any atom is 0.242 e. The van der Waals surface area contributed by atoms with E-state index in [0.717, 1.165) is 18.5 Å². The number of aromatic nitrogens is 1. The van der Waals surface area contributed by atoms with Crippen LogP contribution in [0.15, 0.2) is 17.2 Å². The topological polar surface area (TPSA) is 63.1 Å². The summed E-state index contributed by atoms with van der Waals surface area (Å²) in [6.45, 7) is 1.23. The van der Waals surface area contributed by atoms with Crippen LogP contribution in [0.1, 0.15) is 31.4 Å². The highest BCUT2D eigenvalue weighted by atomic mass is 32.2. The second kappa shape index (κ2) is 6.07. The van der Waals surface area contributed by atoms with Crippen LogP contribution in [0.4, 0.5) is 0 Å². The number of sulfonamides is 1. The Hall–Kier alpha value is -0.850. The summed E-state index contributed by atoms with van der Waals surface area (Å²) in [5, 5.41) is 3.03. The Bertz CT molecular complexity index is 516. The quantitative estimate of drug-likeness (QED) is 0.826. The molecule has 0 amide bonds. The van der Waals surface area contributed by atoms with Crippen LogP contribution in [0.3, 0.4) is 0 Å². The molecule has 1 aromatic heterocycles. The fraction of sp³-hybridized carbons (Fsp3) is 0.692. The van der Waals surface area contributed by atoms with Crippen LogP contribution in [-0.4, -0.2) is 26.6 Å². The van der Waals surface area contributed by atoms with Crippen LogP contribution in [0, 0.1) is 5.92 Å². The fourth-order valence-electron chi connectivity index (χ4n) is 2.61. The predicted octanol–water partition coefficient (Wildman–Crippen LogP) is 1.21. The molecule has 0 atom stereocenters. The molecule has 1 aromatic rings. The Kier molecular flexibility index (Phi) is 4.65. The van der Waals surface area contributed by atoms with Crippen LogP contribution in [0.2, 0.25) is 0 Å². The minimum absolute atomic E-state index is 0.359. The third kappa shape index (κ3) is 3.58. The van der Waals surface area contributed by atoms with E-state index in [9.17, 15) is 8.42 Å². The smallest absolute Gasteiger partial charge is 0.242 e. The first-order valence-electron chi connectivity index (χ1n) is 6.82. The lowest BCUT2D eigenvalue weighted by Crippen LogP contribution is -2.28. The summed E-state index contributed by atoms with van der Waals surface area (Å²) in [6.07, 6.45) is 6.41. The van der Waals surface area contributed by atoms with Crippen molar-refractivity contribution >= 4 is 10.0 Å². The van der Waals surface area contributed by atoms with Crippen molar-refractivity contribution < 1.29 is 8.42 Å². The van der Waals surface area contributed by atoms with Crippen molar-refractivity contribution in [2.45, 2.75) is 37.1 Å². The first-order valence-corrected chi connectivity index (χ1v) is 8.31. The van der Waals surface area contributed by atoms with Gasteiger partial charge < -0.3 is 9.88 Å². The summed E-state index contributed by atoms with van der Waals surface area (Å²) in [4.78, 5) is 0.359. The lowest BCUT2D eigenvalue weighted by Gasteiger charge is -2.10. The summed E-state index contributed by atoms with van der Waals surface area (Å²) >= 11 is 0. The lowest BCUT2D eigenvalue weighted by molar-refractivity contribution is 0.519. The summed E-state index contributed by atoms with van der Waals surface area (Å²) in [7, 11) is 0.344. The van der Waals surface area contributed by atoms with E-state index < -0.39 is 10.0 Å². The zero-order chi connectivity index (χ0) is 13.9. The molecule has 1 aliphatic rings. The van der Waals surface area contributed by atoms with Crippen molar-refractivity contribution in [1.29, 1.82) is 0 Å². The molecule has 1 saturated carbocycles. The van der Waals surface area contributed by atoms with E-state index in [0.29, 0.717) is 23.9 Å². The number of nitrogens with zero attached hydrogens (tertiary/aromatic N) is 1. The Morgan fingerprint density at radius 1 is 1.37 bits per heavy atom. The van der Waals surface area contributed by atoms with Crippen molar-refractivity contribution in [1.82, 2.24) is 14.6 Å². The molecule has 108 valence electrons. The number of rotatable bonds is 6. The van der Waals surface area contributed by atoms with Crippen molar-refractivity contribution in [3.8, 4) is 0 Å². The van der Waals surface area contributed by atoms with E-state index in [4.69, 9.17) is 0 Å². The summed E-state index contributed by atoms with van der Waals surface area (Å²) in [5.41, 5.74) is 0.962. The zero-order valence-corrected chi connectivity index (χ0v) is 12.5. The molecule has 19 heavy (non-hydrogen) atoms. The maximum absolute atomic E-state index is 12.2. The maximum atomic E-state index is 12.2. The molecular weight excluding hydrogens is 262 g/mol. The Morgan fingerprint density at radius 3 is 2.68 bits per heavy atom. The first kappa shape index (κ1) is 14.6. The molecule has 0 aromatic carbocycles. The van der Waals surface area contributed by atoms with Crippen LogP contribution in [0.5, 0.6) is 0 Å². The van der Waals surface area contributed by atoms with Crippen molar-refractivity contribution in [3.05, 3.63) is 18.0 Å². The average Bonchev–Trinajstić information content (AvgIpc) is 2.98. The third-order valence-electron chi connectivity index (χ3n) is 3.79. The van der Waals surface area contributed by atoms with Crippen molar-refractivity contribution in [3.63, 3.8) is 0 Å². The van der Waals surface area contributed by atoms with Crippen molar-refractivity contribution in [2.75, 3.05) is 13.6 Å². The molecule has 0 bridgehead atoms. The van der Waals surface area contributed by atoms with Crippen LogP contribution in [-0.2, 0) is 23.6 Å². The summed E-state index contributed by atoms with van der Waals surface area (Å²) < 4.78 is 29.0. The first-order chi connectivity index (χ1) is 9.03. The molecular formula is C13H23N3O2S. The van der Waals surface area contributed by atoms with Gasteiger partial charge in [0.05, 0.1) is 4.90 Å². The molecule has 1 aliphatic carbocycles. The van der Waals surface area contributed by atoms with E-state index >= 15 is 0 Å². The van der Waals surface area contributed by atoms with E-state index in [1.807, 2.05) is 18.7 Å². The largest absolute Gasteiger partial charge is 0.352 e. The van der Waals surface area contributed by atoms with Gasteiger partial charge in [0.25, 0.3) is 0 Å². The molecule has 0 radical (unpaired) electrons. The van der Waals surface area contributed by atoms with Gasteiger partial charge in [0.15, 0.2) is 0 Å². The highest BCUT2D eigenvalue weighted by Crippen LogP contribution is 2.24. The number of nitrogens with one attached hydrogen (secondary N) is 2. The number of aryl methyl sites for hydroxylation is 1. The third-order valence-corrected chi connectivity index (χ3v) is 5.18. The van der Waals surface area contributed by atoms with Gasteiger partial charge in [-0.1, -0.05) is 12.8 Å². The monoisotopic (exact) mass is 285 g/mol. The van der Waals surface area contributed by atoms with E-state index in [1.165, 1.54) is 12.8 Å². The standard InChI is InChI=1S/C13H23N3O2S/c1-14-9-12-7-13(10-16(12)2)19(17,18)15-8-11-5-3-4-6-11/h7,10-11,14-15H,3-6,8-9H2,1-2H3. The minimum atomic E-state index is -3.37. The van der Waals surface area contributed by atoms with Gasteiger partial charge >= 0.3 is 0 Å². The molecule has 0 aliphatic heterocycles. The van der Waals surface area contributed by atoms with Gasteiger partial charge in [0.2, 0.25) is 10.0 Å². The Balaban J connectivity index is 2.03. The van der Waals surface area contributed by atoms with E-state index in [2.05, 4.69) is 10.0 Å². The zero-order valence-electron chi connectivity index (χ0n) is 11.6. The number of hydrogen-bond donors (Lipinski definition) is 2. The van der Waals surface area contributed by atoms with Gasteiger partial charge in [-0.3, -0.25) is 0 Å². The minimum Gasteiger partial charge on any atom is -0.352 e. The van der Waals surface area contributed by atoms with Gasteiger partial charge in [-0.25, -0.2) is 13.1 Å². The van der Waals surface area contributed by atoms with Gasteiger partial charge in [-0.15, -0.1) is 0 Å². The molecule has 0 unspecified atom stereocenters. The molecule has 0 saturated heterocycles. The van der Waals surface area contributed by atoms with Gasteiger partial charge in [0, 0.05) is 32.0 Å². The normalized spacial score (nSPS) is 17.2. The fourth-order valence-corrected chi connectivity index (χ4v) is 3.82. The molecule has 0 spiro atoms. The number of hydrogen-bond acceptors (Lipinski definition) is 3.